The van der Waals surface area contributed by atoms with Crippen molar-refractivity contribution in [3.8, 4) is 5.69 Å². The summed E-state index contributed by atoms with van der Waals surface area (Å²) < 4.78 is 1.86. The van der Waals surface area contributed by atoms with Gasteiger partial charge in [-0.15, -0.1) is 0 Å². The lowest BCUT2D eigenvalue weighted by atomic mass is 9.48. The number of para-hydroxylation sites is 1. The zero-order valence-electron chi connectivity index (χ0n) is 15.6. The maximum Gasteiger partial charge on any atom is 0.254 e. The molecule has 0 atom stereocenters. The summed E-state index contributed by atoms with van der Waals surface area (Å²) in [4.78, 5) is 12.9. The number of nitrogens with zero attached hydrogens (tertiary/aromatic N) is 2. The molecule has 4 aliphatic carbocycles. The van der Waals surface area contributed by atoms with Crippen LogP contribution in [0.1, 0.15) is 54.6 Å². The third-order valence-electron chi connectivity index (χ3n) is 6.92. The van der Waals surface area contributed by atoms with Crippen LogP contribution in [0.3, 0.4) is 0 Å². The van der Waals surface area contributed by atoms with Gasteiger partial charge in [0.15, 0.2) is 0 Å². The lowest BCUT2D eigenvalue weighted by molar-refractivity contribution is -0.00770. The first-order chi connectivity index (χ1) is 13.2. The van der Waals surface area contributed by atoms with E-state index >= 15 is 0 Å². The smallest absolute Gasteiger partial charge is 0.254 e. The van der Waals surface area contributed by atoms with E-state index in [-0.39, 0.29) is 24.5 Å². The average Bonchev–Trinajstić information content (AvgIpc) is 3.12. The summed E-state index contributed by atoms with van der Waals surface area (Å²) in [5.74, 6) is 2.28. The Labute approximate surface area is 159 Å². The number of carbonyl (C=O) groups excluding carboxylic acids is 1. The molecule has 142 valence electrons. The van der Waals surface area contributed by atoms with E-state index in [1.165, 1.54) is 38.5 Å². The molecular formula is C22H27N3O2. The fraction of sp³-hybridized carbons (Fsp3) is 0.545. The number of nitrogens with one attached hydrogen (secondary N) is 1. The summed E-state index contributed by atoms with van der Waals surface area (Å²) in [7, 11) is 0. The van der Waals surface area contributed by atoms with Gasteiger partial charge in [-0.2, -0.15) is 5.10 Å². The first-order valence-corrected chi connectivity index (χ1v) is 10.2. The van der Waals surface area contributed by atoms with Crippen molar-refractivity contribution in [2.24, 2.45) is 17.8 Å². The number of hydrogen-bond acceptors (Lipinski definition) is 3. The summed E-state index contributed by atoms with van der Waals surface area (Å²) >= 11 is 0. The van der Waals surface area contributed by atoms with Gasteiger partial charge in [0.05, 0.1) is 23.6 Å². The van der Waals surface area contributed by atoms with Crippen LogP contribution in [-0.2, 0) is 5.41 Å². The maximum atomic E-state index is 12.9. The van der Waals surface area contributed by atoms with E-state index in [1.807, 2.05) is 41.2 Å². The third kappa shape index (κ3) is 2.89. The highest BCUT2D eigenvalue weighted by atomic mass is 16.3. The minimum atomic E-state index is -0.114. The van der Waals surface area contributed by atoms with Crippen molar-refractivity contribution in [1.29, 1.82) is 0 Å². The molecule has 4 saturated carbocycles. The van der Waals surface area contributed by atoms with Gasteiger partial charge < -0.3 is 10.4 Å². The van der Waals surface area contributed by atoms with Crippen LogP contribution in [-0.4, -0.2) is 33.9 Å². The summed E-state index contributed by atoms with van der Waals surface area (Å²) in [6.07, 6.45) is 9.50. The highest BCUT2D eigenvalue weighted by Crippen LogP contribution is 2.60. The van der Waals surface area contributed by atoms with Crippen LogP contribution in [0.4, 0.5) is 0 Å². The van der Waals surface area contributed by atoms with E-state index in [0.717, 1.165) is 29.1 Å². The third-order valence-corrected chi connectivity index (χ3v) is 6.92. The second-order valence-electron chi connectivity index (χ2n) is 8.85. The van der Waals surface area contributed by atoms with Gasteiger partial charge in [0.2, 0.25) is 0 Å². The predicted molar refractivity (Wildman–Crippen MR) is 103 cm³/mol. The number of benzene rings is 1. The topological polar surface area (TPSA) is 67.2 Å². The number of rotatable bonds is 5. The summed E-state index contributed by atoms with van der Waals surface area (Å²) in [6, 6.07) is 10.0. The molecule has 1 aromatic heterocycles. The molecule has 6 rings (SSSR count). The molecule has 5 nitrogen and oxygen atoms in total. The van der Waals surface area contributed by atoms with E-state index in [4.69, 9.17) is 10.2 Å². The van der Waals surface area contributed by atoms with Gasteiger partial charge in [0.25, 0.3) is 5.91 Å². The molecule has 0 unspecified atom stereocenters. The van der Waals surface area contributed by atoms with Crippen molar-refractivity contribution in [1.82, 2.24) is 15.1 Å². The zero-order valence-corrected chi connectivity index (χ0v) is 15.6. The molecule has 4 fully saturated rings. The monoisotopic (exact) mass is 365 g/mol. The summed E-state index contributed by atoms with van der Waals surface area (Å²) in [5, 5.41) is 16.9. The first-order valence-electron chi connectivity index (χ1n) is 10.2. The van der Waals surface area contributed by atoms with Crippen molar-refractivity contribution in [2.45, 2.75) is 43.9 Å². The van der Waals surface area contributed by atoms with Crippen LogP contribution in [0.15, 0.2) is 36.5 Å². The highest BCUT2D eigenvalue weighted by Gasteiger charge is 2.53. The maximum absolute atomic E-state index is 12.9. The molecule has 1 heterocycles. The summed E-state index contributed by atoms with van der Waals surface area (Å²) in [5.41, 5.74) is 2.71. The van der Waals surface area contributed by atoms with Gasteiger partial charge in [0.1, 0.15) is 0 Å². The number of aromatic nitrogens is 2. The van der Waals surface area contributed by atoms with E-state index in [1.54, 1.807) is 0 Å². The molecule has 0 spiro atoms. The average molecular weight is 365 g/mol. The van der Waals surface area contributed by atoms with E-state index in [0.29, 0.717) is 5.56 Å². The van der Waals surface area contributed by atoms with Gasteiger partial charge in [-0.05, 0) is 68.4 Å². The fourth-order valence-electron chi connectivity index (χ4n) is 6.31. The Bertz CT molecular complexity index is 807. The second-order valence-corrected chi connectivity index (χ2v) is 8.85. The fourth-order valence-corrected chi connectivity index (χ4v) is 6.31. The molecule has 0 radical (unpaired) electrons. The van der Waals surface area contributed by atoms with Crippen LogP contribution < -0.4 is 5.32 Å². The van der Waals surface area contributed by atoms with Crippen molar-refractivity contribution in [2.75, 3.05) is 13.2 Å². The molecule has 1 amide bonds. The molecule has 27 heavy (non-hydrogen) atoms. The zero-order chi connectivity index (χ0) is 18.4. The van der Waals surface area contributed by atoms with E-state index < -0.39 is 0 Å². The van der Waals surface area contributed by atoms with Crippen LogP contribution in [0.2, 0.25) is 0 Å². The minimum Gasteiger partial charge on any atom is -0.395 e. The Hall–Kier alpha value is -2.14. The Balaban J connectivity index is 1.58. The largest absolute Gasteiger partial charge is 0.395 e. The Morgan fingerprint density at radius 3 is 2.33 bits per heavy atom. The lowest BCUT2D eigenvalue weighted by Gasteiger charge is -2.56. The molecule has 1 aromatic carbocycles. The lowest BCUT2D eigenvalue weighted by Crippen LogP contribution is -2.49. The van der Waals surface area contributed by atoms with Crippen LogP contribution in [0, 0.1) is 17.8 Å². The number of aliphatic hydroxyl groups excluding tert-OH is 1. The van der Waals surface area contributed by atoms with Gasteiger partial charge in [-0.25, -0.2) is 4.68 Å². The Morgan fingerprint density at radius 1 is 1.11 bits per heavy atom. The standard InChI is InChI=1S/C22H27N3O2/c26-7-6-23-21(27)19-14-25(18-4-2-1-3-5-18)24-20(19)22-11-15-8-16(12-22)10-17(9-15)13-22/h1-5,14-17,26H,6-13H2,(H,23,27). The van der Waals surface area contributed by atoms with Gasteiger partial charge in [-0.1, -0.05) is 18.2 Å². The number of hydrogen-bond donors (Lipinski definition) is 2. The Morgan fingerprint density at radius 2 is 1.74 bits per heavy atom. The SMILES string of the molecule is O=C(NCCO)c1cn(-c2ccccc2)nc1C12CC3CC(CC(C3)C1)C2. The molecule has 0 saturated heterocycles. The molecular weight excluding hydrogens is 338 g/mol. The number of carbonyl (C=O) groups is 1. The molecule has 4 aliphatic rings. The van der Waals surface area contributed by atoms with Crippen molar-refractivity contribution in [3.63, 3.8) is 0 Å². The predicted octanol–water partition coefficient (Wildman–Crippen LogP) is 3.06. The molecule has 0 aliphatic heterocycles. The minimum absolute atomic E-state index is 0.0503. The van der Waals surface area contributed by atoms with Gasteiger partial charge in [-0.3, -0.25) is 4.79 Å². The highest BCUT2D eigenvalue weighted by molar-refractivity contribution is 5.95. The normalized spacial score (nSPS) is 31.2. The van der Waals surface area contributed by atoms with Crippen LogP contribution >= 0.6 is 0 Å². The number of amides is 1. The Kier molecular flexibility index (Phi) is 4.08. The molecule has 2 aromatic rings. The van der Waals surface area contributed by atoms with Crippen LogP contribution in [0.25, 0.3) is 5.69 Å². The van der Waals surface area contributed by atoms with E-state index in [2.05, 4.69) is 5.32 Å². The number of aliphatic hydroxyl groups is 1. The molecule has 2 N–H and O–H groups in total. The molecule has 4 bridgehead atoms. The quantitative estimate of drug-likeness (QED) is 0.856. The van der Waals surface area contributed by atoms with Gasteiger partial charge >= 0.3 is 0 Å². The van der Waals surface area contributed by atoms with Gasteiger partial charge in [0, 0.05) is 18.2 Å². The molecule has 5 heteroatoms. The van der Waals surface area contributed by atoms with Crippen molar-refractivity contribution >= 4 is 5.91 Å². The van der Waals surface area contributed by atoms with Crippen molar-refractivity contribution < 1.29 is 9.90 Å². The first kappa shape index (κ1) is 17.0. The van der Waals surface area contributed by atoms with Crippen molar-refractivity contribution in [3.05, 3.63) is 47.8 Å². The van der Waals surface area contributed by atoms with Crippen LogP contribution in [0.5, 0.6) is 0 Å². The second kappa shape index (κ2) is 6.48. The van der Waals surface area contributed by atoms with E-state index in [9.17, 15) is 4.79 Å². The summed E-state index contributed by atoms with van der Waals surface area (Å²) in [6.45, 7) is 0.223.